The zero-order valence-electron chi connectivity index (χ0n) is 11.5. The summed E-state index contributed by atoms with van der Waals surface area (Å²) in [4.78, 5) is 13.0. The number of aliphatic carboxylic acids is 1. The third-order valence-electron chi connectivity index (χ3n) is 3.51. The van der Waals surface area contributed by atoms with E-state index in [-0.39, 0.29) is 18.4 Å². The van der Waals surface area contributed by atoms with Crippen molar-refractivity contribution in [3.8, 4) is 5.75 Å². The number of benzene rings is 1. The van der Waals surface area contributed by atoms with Crippen LogP contribution in [0.1, 0.15) is 5.56 Å². The minimum atomic E-state index is -2.84. The van der Waals surface area contributed by atoms with Crippen molar-refractivity contribution in [2.75, 3.05) is 20.3 Å². The number of hydrogen-bond donors (Lipinski definition) is 1. The molecule has 0 amide bonds. The molecule has 1 aliphatic heterocycles. The van der Waals surface area contributed by atoms with Gasteiger partial charge in [0.15, 0.2) is 0 Å². The van der Waals surface area contributed by atoms with Gasteiger partial charge in [0.25, 0.3) is 0 Å². The summed E-state index contributed by atoms with van der Waals surface area (Å²) in [5.41, 5.74) is 0.884. The van der Waals surface area contributed by atoms with Crippen molar-refractivity contribution in [3.63, 3.8) is 0 Å². The normalized spacial score (nSPS) is 22.0. The minimum absolute atomic E-state index is 0.101. The van der Waals surface area contributed by atoms with Crippen molar-refractivity contribution in [1.82, 2.24) is 4.90 Å². The van der Waals surface area contributed by atoms with E-state index in [1.54, 1.807) is 12.1 Å². The van der Waals surface area contributed by atoms with Crippen LogP contribution in [0.4, 0.5) is 8.78 Å². The van der Waals surface area contributed by atoms with Crippen LogP contribution in [0.3, 0.4) is 0 Å². The number of carboxylic acids is 1. The van der Waals surface area contributed by atoms with Gasteiger partial charge in [-0.3, -0.25) is 9.69 Å². The number of likely N-dealkylation sites (N-methyl/N-ethyl adjacent to an activating group) is 1. The van der Waals surface area contributed by atoms with E-state index < -0.39 is 18.5 Å². The average Bonchev–Trinajstić information content (AvgIpc) is 2.90. The maximum Gasteiger partial charge on any atom is 0.387 e. The van der Waals surface area contributed by atoms with Crippen LogP contribution in [0.15, 0.2) is 24.3 Å². The molecule has 1 N–H and O–H groups in total. The van der Waals surface area contributed by atoms with Crippen molar-refractivity contribution in [2.24, 2.45) is 5.92 Å². The zero-order valence-corrected chi connectivity index (χ0v) is 11.5. The lowest BCUT2D eigenvalue weighted by atomic mass is 10.0. The van der Waals surface area contributed by atoms with Crippen LogP contribution in [0.5, 0.6) is 5.75 Å². The molecule has 1 aliphatic rings. The maximum absolute atomic E-state index is 12.1. The Hall–Kier alpha value is -1.73. The molecule has 0 radical (unpaired) electrons. The number of carboxylic acid groups (broad SMARTS) is 1. The molecular weight excluding hydrogens is 284 g/mol. The fourth-order valence-electron chi connectivity index (χ4n) is 2.39. The highest BCUT2D eigenvalue weighted by Crippen LogP contribution is 2.22. The maximum atomic E-state index is 12.1. The van der Waals surface area contributed by atoms with Gasteiger partial charge in [-0.2, -0.15) is 8.78 Å². The molecule has 1 heterocycles. The molecule has 0 spiro atoms. The first kappa shape index (κ1) is 15.7. The molecule has 0 aliphatic carbocycles. The van der Waals surface area contributed by atoms with Gasteiger partial charge < -0.3 is 14.6 Å². The van der Waals surface area contributed by atoms with Crippen LogP contribution in [-0.2, 0) is 16.1 Å². The molecule has 0 saturated carbocycles. The summed E-state index contributed by atoms with van der Waals surface area (Å²) >= 11 is 0. The van der Waals surface area contributed by atoms with E-state index in [1.165, 1.54) is 12.1 Å². The van der Waals surface area contributed by atoms with E-state index in [1.807, 2.05) is 11.9 Å². The molecule has 7 heteroatoms. The van der Waals surface area contributed by atoms with Gasteiger partial charge in [0.2, 0.25) is 0 Å². The fourth-order valence-corrected chi connectivity index (χ4v) is 2.39. The summed E-state index contributed by atoms with van der Waals surface area (Å²) in [5.74, 6) is -1.31. The lowest BCUT2D eigenvalue weighted by molar-refractivity contribution is -0.143. The molecule has 0 bridgehead atoms. The Morgan fingerprint density at radius 1 is 1.43 bits per heavy atom. The van der Waals surface area contributed by atoms with Gasteiger partial charge in [-0.05, 0) is 24.7 Å². The summed E-state index contributed by atoms with van der Waals surface area (Å²) < 4.78 is 33.6. The Morgan fingerprint density at radius 3 is 2.67 bits per heavy atom. The number of nitrogens with zero attached hydrogens (tertiary/aromatic N) is 1. The number of ether oxygens (including phenoxy) is 2. The Labute approximate surface area is 121 Å². The van der Waals surface area contributed by atoms with Gasteiger partial charge in [0, 0.05) is 12.6 Å². The molecular formula is C14H17F2NO4. The molecule has 0 aromatic heterocycles. The first-order valence-electron chi connectivity index (χ1n) is 6.52. The topological polar surface area (TPSA) is 59.0 Å². The molecule has 21 heavy (non-hydrogen) atoms. The molecule has 1 fully saturated rings. The molecule has 2 atom stereocenters. The Morgan fingerprint density at radius 2 is 2.10 bits per heavy atom. The van der Waals surface area contributed by atoms with Crippen molar-refractivity contribution in [1.29, 1.82) is 0 Å². The minimum Gasteiger partial charge on any atom is -0.481 e. The molecule has 1 aromatic carbocycles. The predicted octanol–water partition coefficient (Wildman–Crippen LogP) is 1.82. The van der Waals surface area contributed by atoms with E-state index in [0.717, 1.165) is 5.56 Å². The summed E-state index contributed by atoms with van der Waals surface area (Å²) in [7, 11) is 1.82. The van der Waals surface area contributed by atoms with E-state index in [2.05, 4.69) is 4.74 Å². The van der Waals surface area contributed by atoms with E-state index in [0.29, 0.717) is 13.2 Å². The number of alkyl halides is 2. The monoisotopic (exact) mass is 301 g/mol. The molecule has 1 aromatic rings. The summed E-state index contributed by atoms with van der Waals surface area (Å²) in [6.07, 6.45) is 0. The summed E-state index contributed by atoms with van der Waals surface area (Å²) in [5, 5.41) is 9.12. The molecule has 2 rings (SSSR count). The smallest absolute Gasteiger partial charge is 0.387 e. The van der Waals surface area contributed by atoms with Crippen molar-refractivity contribution in [2.45, 2.75) is 19.2 Å². The number of carbonyl (C=O) groups is 1. The van der Waals surface area contributed by atoms with Gasteiger partial charge in [0.05, 0.1) is 19.1 Å². The summed E-state index contributed by atoms with van der Waals surface area (Å²) in [6, 6.07) is 6.10. The van der Waals surface area contributed by atoms with Crippen molar-refractivity contribution < 1.29 is 28.2 Å². The van der Waals surface area contributed by atoms with Crippen LogP contribution in [-0.4, -0.2) is 48.9 Å². The second-order valence-electron chi connectivity index (χ2n) is 4.99. The SMILES string of the molecule is CN(Cc1ccc(OC(F)F)cc1)C1COCC1C(=O)O. The van der Waals surface area contributed by atoms with Crippen LogP contribution >= 0.6 is 0 Å². The van der Waals surface area contributed by atoms with Gasteiger partial charge in [0.1, 0.15) is 5.75 Å². The first-order valence-corrected chi connectivity index (χ1v) is 6.52. The van der Waals surface area contributed by atoms with E-state index in [4.69, 9.17) is 9.84 Å². The Balaban J connectivity index is 1.96. The number of hydrogen-bond acceptors (Lipinski definition) is 4. The largest absolute Gasteiger partial charge is 0.481 e. The predicted molar refractivity (Wildman–Crippen MR) is 70.3 cm³/mol. The second-order valence-corrected chi connectivity index (χ2v) is 4.99. The van der Waals surface area contributed by atoms with E-state index in [9.17, 15) is 13.6 Å². The van der Waals surface area contributed by atoms with E-state index >= 15 is 0 Å². The van der Waals surface area contributed by atoms with Crippen LogP contribution < -0.4 is 4.74 Å². The number of rotatable bonds is 6. The van der Waals surface area contributed by atoms with Crippen molar-refractivity contribution in [3.05, 3.63) is 29.8 Å². The average molecular weight is 301 g/mol. The molecule has 1 saturated heterocycles. The number of halogens is 2. The highest BCUT2D eigenvalue weighted by atomic mass is 19.3. The van der Waals surface area contributed by atoms with Crippen LogP contribution in [0.2, 0.25) is 0 Å². The Bertz CT molecular complexity index is 480. The zero-order chi connectivity index (χ0) is 15.4. The van der Waals surface area contributed by atoms with Crippen LogP contribution in [0, 0.1) is 5.92 Å². The third kappa shape index (κ3) is 4.12. The Kier molecular flexibility index (Phi) is 5.08. The van der Waals surface area contributed by atoms with Gasteiger partial charge in [-0.15, -0.1) is 0 Å². The second kappa shape index (κ2) is 6.82. The van der Waals surface area contributed by atoms with Crippen molar-refractivity contribution >= 4 is 5.97 Å². The highest BCUT2D eigenvalue weighted by Gasteiger charge is 2.36. The fraction of sp³-hybridized carbons (Fsp3) is 0.500. The molecule has 2 unspecified atom stereocenters. The summed E-state index contributed by atoms with van der Waals surface area (Å²) in [6.45, 7) is -1.75. The third-order valence-corrected chi connectivity index (χ3v) is 3.51. The van der Waals surface area contributed by atoms with Gasteiger partial charge >= 0.3 is 12.6 Å². The first-order chi connectivity index (χ1) is 9.97. The lowest BCUT2D eigenvalue weighted by Gasteiger charge is -2.26. The van der Waals surface area contributed by atoms with Crippen LogP contribution in [0.25, 0.3) is 0 Å². The van der Waals surface area contributed by atoms with Gasteiger partial charge in [-0.25, -0.2) is 0 Å². The highest BCUT2D eigenvalue weighted by molar-refractivity contribution is 5.71. The standard InChI is InChI=1S/C14H17F2NO4/c1-17(12-8-20-7-11(12)13(18)19)6-9-2-4-10(5-3-9)21-14(15)16/h2-5,11-12,14H,6-8H2,1H3,(H,18,19). The quantitative estimate of drug-likeness (QED) is 0.868. The molecule has 116 valence electrons. The van der Waals surface area contributed by atoms with Gasteiger partial charge in [-0.1, -0.05) is 12.1 Å². The molecule has 5 nitrogen and oxygen atoms in total. The lowest BCUT2D eigenvalue weighted by Crippen LogP contribution is -2.40.